The van der Waals surface area contributed by atoms with Crippen LogP contribution in [0.15, 0.2) is 47.4 Å². The topological polar surface area (TPSA) is 75.3 Å². The largest absolute Gasteiger partial charge is 0.349 e. The maximum absolute atomic E-state index is 13.1. The summed E-state index contributed by atoms with van der Waals surface area (Å²) < 4.78 is 40.9. The maximum atomic E-state index is 13.1. The van der Waals surface area contributed by atoms with Gasteiger partial charge in [0, 0.05) is 12.0 Å². The van der Waals surface area contributed by atoms with Gasteiger partial charge < -0.3 is 5.32 Å². The highest BCUT2D eigenvalue weighted by molar-refractivity contribution is 7.89. The Hall–Kier alpha value is -1.67. The Morgan fingerprint density at radius 2 is 1.67 bits per heavy atom. The minimum absolute atomic E-state index is 0.0601. The molecule has 30 heavy (non-hydrogen) atoms. The Bertz CT molecular complexity index is 1010. The summed E-state index contributed by atoms with van der Waals surface area (Å²) in [6.45, 7) is 1.85. The smallest absolute Gasteiger partial charge is 0.240 e. The molecule has 1 amide bonds. The molecule has 0 heterocycles. The molecule has 1 fully saturated rings. The first kappa shape index (κ1) is 23.0. The van der Waals surface area contributed by atoms with E-state index < -0.39 is 10.0 Å². The van der Waals surface area contributed by atoms with Crippen molar-refractivity contribution in [2.24, 2.45) is 5.92 Å². The molecule has 1 atom stereocenters. The van der Waals surface area contributed by atoms with E-state index in [0.717, 1.165) is 5.56 Å². The highest BCUT2D eigenvalue weighted by Gasteiger charge is 2.30. The molecule has 1 aliphatic rings. The molecule has 0 radical (unpaired) electrons. The molecule has 0 aliphatic heterocycles. The van der Waals surface area contributed by atoms with Crippen LogP contribution < -0.4 is 10.0 Å². The first-order valence-electron chi connectivity index (χ1n) is 9.69. The highest BCUT2D eigenvalue weighted by atomic mass is 35.5. The number of nitrogens with one attached hydrogen (secondary N) is 2. The Morgan fingerprint density at radius 1 is 1.03 bits per heavy atom. The fraction of sp³-hybridized carbons (Fsp3) is 0.381. The number of carbonyl (C=O) groups excluding carboxylic acids is 1. The van der Waals surface area contributed by atoms with Crippen molar-refractivity contribution in [3.05, 3.63) is 63.9 Å². The summed E-state index contributed by atoms with van der Waals surface area (Å²) in [6.07, 6.45) is 2.28. The van der Waals surface area contributed by atoms with Gasteiger partial charge in [0.1, 0.15) is 5.82 Å². The van der Waals surface area contributed by atoms with E-state index in [9.17, 15) is 17.6 Å². The molecule has 0 saturated heterocycles. The van der Waals surface area contributed by atoms with Gasteiger partial charge in [-0.15, -0.1) is 0 Å². The number of hydrogen-bond acceptors (Lipinski definition) is 3. The summed E-state index contributed by atoms with van der Waals surface area (Å²) >= 11 is 11.8. The number of hydrogen-bond donors (Lipinski definition) is 2. The minimum Gasteiger partial charge on any atom is -0.349 e. The van der Waals surface area contributed by atoms with Crippen molar-refractivity contribution in [1.29, 1.82) is 0 Å². The van der Waals surface area contributed by atoms with E-state index >= 15 is 0 Å². The number of sulfonamides is 1. The SMILES string of the molecule is C[C@@H](NC(=O)C1CCC(NS(=O)(=O)c2ccc(Cl)c(Cl)c2)CC1)c1ccc(F)cc1. The maximum Gasteiger partial charge on any atom is 0.240 e. The first-order valence-corrected chi connectivity index (χ1v) is 11.9. The Morgan fingerprint density at radius 3 is 2.27 bits per heavy atom. The zero-order valence-corrected chi connectivity index (χ0v) is 18.7. The van der Waals surface area contributed by atoms with Crippen LogP contribution in [0.25, 0.3) is 0 Å². The Kier molecular flexibility index (Phi) is 7.39. The molecule has 2 aromatic rings. The molecule has 0 unspecified atom stereocenters. The predicted octanol–water partition coefficient (Wildman–Crippen LogP) is 4.85. The summed E-state index contributed by atoms with van der Waals surface area (Å²) in [5, 5.41) is 3.42. The molecule has 5 nitrogen and oxygen atoms in total. The van der Waals surface area contributed by atoms with Gasteiger partial charge in [-0.3, -0.25) is 4.79 Å². The third-order valence-corrected chi connectivity index (χ3v) is 7.61. The quantitative estimate of drug-likeness (QED) is 0.630. The van der Waals surface area contributed by atoms with E-state index in [1.807, 2.05) is 6.92 Å². The number of carbonyl (C=O) groups is 1. The Balaban J connectivity index is 1.53. The van der Waals surface area contributed by atoms with Crippen LogP contribution in [0.2, 0.25) is 10.0 Å². The third kappa shape index (κ3) is 5.72. The molecule has 0 spiro atoms. The molecule has 2 aromatic carbocycles. The third-order valence-electron chi connectivity index (χ3n) is 5.35. The minimum atomic E-state index is -3.72. The molecule has 1 aliphatic carbocycles. The van der Waals surface area contributed by atoms with E-state index in [1.165, 1.54) is 30.3 Å². The second kappa shape index (κ2) is 9.64. The van der Waals surface area contributed by atoms with Crippen molar-refractivity contribution in [3.8, 4) is 0 Å². The summed E-state index contributed by atoms with van der Waals surface area (Å²) in [5.41, 5.74) is 0.827. The number of benzene rings is 2. The van der Waals surface area contributed by atoms with Crippen LogP contribution in [0.3, 0.4) is 0 Å². The number of amides is 1. The van der Waals surface area contributed by atoms with Gasteiger partial charge in [-0.05, 0) is 68.5 Å². The zero-order chi connectivity index (χ0) is 21.9. The van der Waals surface area contributed by atoms with Crippen LogP contribution >= 0.6 is 23.2 Å². The van der Waals surface area contributed by atoms with Crippen molar-refractivity contribution in [2.75, 3.05) is 0 Å². The lowest BCUT2D eigenvalue weighted by Gasteiger charge is -2.29. The van der Waals surface area contributed by atoms with Crippen molar-refractivity contribution >= 4 is 39.1 Å². The van der Waals surface area contributed by atoms with Gasteiger partial charge in [-0.2, -0.15) is 0 Å². The molecule has 9 heteroatoms. The molecular formula is C21H23Cl2FN2O3S. The molecule has 162 valence electrons. The second-order valence-corrected chi connectivity index (χ2v) is 10.1. The summed E-state index contributed by atoms with van der Waals surface area (Å²) in [4.78, 5) is 12.6. The molecule has 3 rings (SSSR count). The van der Waals surface area contributed by atoms with Gasteiger partial charge in [0.05, 0.1) is 21.0 Å². The molecule has 0 bridgehead atoms. The summed E-state index contributed by atoms with van der Waals surface area (Å²) in [5.74, 6) is -0.574. The van der Waals surface area contributed by atoms with Crippen LogP contribution in [-0.2, 0) is 14.8 Å². The lowest BCUT2D eigenvalue weighted by molar-refractivity contribution is -0.126. The van der Waals surface area contributed by atoms with E-state index in [1.54, 1.807) is 12.1 Å². The van der Waals surface area contributed by atoms with Crippen molar-refractivity contribution in [1.82, 2.24) is 10.0 Å². The second-order valence-electron chi connectivity index (χ2n) is 7.53. The zero-order valence-electron chi connectivity index (χ0n) is 16.4. The summed E-state index contributed by atoms with van der Waals surface area (Å²) in [6, 6.07) is 9.72. The molecule has 2 N–H and O–H groups in total. The highest BCUT2D eigenvalue weighted by Crippen LogP contribution is 2.28. The lowest BCUT2D eigenvalue weighted by atomic mass is 9.85. The van der Waals surface area contributed by atoms with E-state index in [4.69, 9.17) is 23.2 Å². The van der Waals surface area contributed by atoms with Crippen molar-refractivity contribution in [3.63, 3.8) is 0 Å². The van der Waals surface area contributed by atoms with Crippen LogP contribution in [-0.4, -0.2) is 20.4 Å². The lowest BCUT2D eigenvalue weighted by Crippen LogP contribution is -2.41. The van der Waals surface area contributed by atoms with Gasteiger partial charge in [0.2, 0.25) is 15.9 Å². The molecular weight excluding hydrogens is 450 g/mol. The molecule has 0 aromatic heterocycles. The van der Waals surface area contributed by atoms with Crippen LogP contribution in [0, 0.1) is 11.7 Å². The fourth-order valence-corrected chi connectivity index (χ4v) is 5.26. The predicted molar refractivity (Wildman–Crippen MR) is 115 cm³/mol. The number of rotatable bonds is 6. The normalized spacial score (nSPS) is 20.5. The standard InChI is InChI=1S/C21H23Cl2FN2O3S/c1-13(14-2-6-16(24)7-3-14)25-21(27)15-4-8-17(9-5-15)26-30(28,29)18-10-11-19(22)20(23)12-18/h2-3,6-7,10-13,15,17,26H,4-5,8-9H2,1H3,(H,25,27)/t13-,15?,17?/m1/s1. The van der Waals surface area contributed by atoms with Gasteiger partial charge >= 0.3 is 0 Å². The van der Waals surface area contributed by atoms with Crippen LogP contribution in [0.1, 0.15) is 44.2 Å². The monoisotopic (exact) mass is 472 g/mol. The van der Waals surface area contributed by atoms with Gasteiger partial charge in [-0.25, -0.2) is 17.5 Å². The van der Waals surface area contributed by atoms with E-state index in [-0.39, 0.29) is 44.7 Å². The van der Waals surface area contributed by atoms with Gasteiger partial charge in [0.25, 0.3) is 0 Å². The van der Waals surface area contributed by atoms with E-state index in [0.29, 0.717) is 25.7 Å². The van der Waals surface area contributed by atoms with Gasteiger partial charge in [0.15, 0.2) is 0 Å². The van der Waals surface area contributed by atoms with Crippen molar-refractivity contribution < 1.29 is 17.6 Å². The summed E-state index contributed by atoms with van der Waals surface area (Å²) in [7, 11) is -3.72. The fourth-order valence-electron chi connectivity index (χ4n) is 3.57. The Labute approximate surface area is 186 Å². The average molecular weight is 473 g/mol. The van der Waals surface area contributed by atoms with Gasteiger partial charge in [-0.1, -0.05) is 35.3 Å². The average Bonchev–Trinajstić information content (AvgIpc) is 2.70. The molecule has 1 saturated carbocycles. The van der Waals surface area contributed by atoms with Crippen molar-refractivity contribution in [2.45, 2.75) is 49.6 Å². The first-order chi connectivity index (χ1) is 14.2. The van der Waals surface area contributed by atoms with E-state index in [2.05, 4.69) is 10.0 Å². The van der Waals surface area contributed by atoms with Crippen LogP contribution in [0.4, 0.5) is 4.39 Å². The number of halogens is 3. The van der Waals surface area contributed by atoms with Crippen LogP contribution in [0.5, 0.6) is 0 Å².